The SMILES string of the molecule is CSc1ccc(Cl)c(C(=O)OCc2cc(=O)oc3cc(C)ccc23)c1. The molecule has 0 saturated heterocycles. The number of carbonyl (C=O) groups is 1. The predicted molar refractivity (Wildman–Crippen MR) is 99.6 cm³/mol. The summed E-state index contributed by atoms with van der Waals surface area (Å²) in [6, 6.07) is 12.1. The average Bonchev–Trinajstić information content (AvgIpc) is 2.59. The molecule has 0 aliphatic rings. The Labute approximate surface area is 153 Å². The largest absolute Gasteiger partial charge is 0.457 e. The minimum absolute atomic E-state index is 0.0379. The van der Waals surface area contributed by atoms with E-state index in [9.17, 15) is 9.59 Å². The van der Waals surface area contributed by atoms with Crippen molar-refractivity contribution in [2.45, 2.75) is 18.4 Å². The van der Waals surface area contributed by atoms with Crippen LogP contribution in [0.2, 0.25) is 5.02 Å². The molecule has 0 bridgehead atoms. The maximum atomic E-state index is 12.4. The third-order valence-electron chi connectivity index (χ3n) is 3.74. The van der Waals surface area contributed by atoms with Crippen LogP contribution in [-0.4, -0.2) is 12.2 Å². The van der Waals surface area contributed by atoms with Crippen LogP contribution in [0.25, 0.3) is 11.0 Å². The molecule has 1 aromatic heterocycles. The Morgan fingerprint density at radius 1 is 1.20 bits per heavy atom. The summed E-state index contributed by atoms with van der Waals surface area (Å²) in [5.41, 5.74) is 1.87. The number of rotatable bonds is 4. The zero-order chi connectivity index (χ0) is 18.0. The molecule has 6 heteroatoms. The molecule has 0 atom stereocenters. The van der Waals surface area contributed by atoms with Gasteiger partial charge in [-0.25, -0.2) is 9.59 Å². The lowest BCUT2D eigenvalue weighted by molar-refractivity contribution is 0.0473. The molecule has 0 amide bonds. The molecule has 0 unspecified atom stereocenters. The van der Waals surface area contributed by atoms with Gasteiger partial charge in [0.05, 0.1) is 10.6 Å². The number of hydrogen-bond donors (Lipinski definition) is 0. The van der Waals surface area contributed by atoms with Crippen LogP contribution in [0, 0.1) is 6.92 Å². The Bertz CT molecular complexity index is 1010. The summed E-state index contributed by atoms with van der Waals surface area (Å²) >= 11 is 7.60. The molecule has 4 nitrogen and oxygen atoms in total. The van der Waals surface area contributed by atoms with Crippen LogP contribution >= 0.6 is 23.4 Å². The van der Waals surface area contributed by atoms with Crippen LogP contribution in [-0.2, 0) is 11.3 Å². The minimum Gasteiger partial charge on any atom is -0.457 e. The third-order valence-corrected chi connectivity index (χ3v) is 4.79. The average molecular weight is 375 g/mol. The number of hydrogen-bond acceptors (Lipinski definition) is 5. The van der Waals surface area contributed by atoms with Gasteiger partial charge >= 0.3 is 11.6 Å². The highest BCUT2D eigenvalue weighted by Gasteiger charge is 2.14. The van der Waals surface area contributed by atoms with Crippen LogP contribution < -0.4 is 5.63 Å². The molecule has 3 aromatic rings. The minimum atomic E-state index is -0.533. The van der Waals surface area contributed by atoms with Crippen molar-refractivity contribution in [3.05, 3.63) is 74.6 Å². The molecule has 0 aliphatic carbocycles. The van der Waals surface area contributed by atoms with Crippen molar-refractivity contribution in [1.82, 2.24) is 0 Å². The highest BCUT2D eigenvalue weighted by molar-refractivity contribution is 7.98. The van der Waals surface area contributed by atoms with Crippen LogP contribution in [0.1, 0.15) is 21.5 Å². The van der Waals surface area contributed by atoms with Gasteiger partial charge in [-0.05, 0) is 43.0 Å². The lowest BCUT2D eigenvalue weighted by Crippen LogP contribution is -2.08. The van der Waals surface area contributed by atoms with E-state index < -0.39 is 11.6 Å². The second kappa shape index (κ2) is 7.33. The van der Waals surface area contributed by atoms with Crippen molar-refractivity contribution in [2.75, 3.05) is 6.26 Å². The smallest absolute Gasteiger partial charge is 0.340 e. The van der Waals surface area contributed by atoms with Crippen molar-refractivity contribution in [3.63, 3.8) is 0 Å². The fraction of sp³-hybridized carbons (Fsp3) is 0.158. The lowest BCUT2D eigenvalue weighted by atomic mass is 10.1. The Morgan fingerprint density at radius 3 is 2.76 bits per heavy atom. The maximum absolute atomic E-state index is 12.4. The number of fused-ring (bicyclic) bond motifs is 1. The Morgan fingerprint density at radius 2 is 2.00 bits per heavy atom. The summed E-state index contributed by atoms with van der Waals surface area (Å²) < 4.78 is 10.6. The summed E-state index contributed by atoms with van der Waals surface area (Å²) in [6.45, 7) is 1.87. The molecule has 1 heterocycles. The number of halogens is 1. The molecular formula is C19H15ClO4S. The number of benzene rings is 2. The van der Waals surface area contributed by atoms with Gasteiger partial charge in [-0.15, -0.1) is 11.8 Å². The summed E-state index contributed by atoms with van der Waals surface area (Å²) in [4.78, 5) is 25.0. The Kier molecular flexibility index (Phi) is 5.16. The molecule has 0 aliphatic heterocycles. The molecule has 2 aromatic carbocycles. The van der Waals surface area contributed by atoms with Gasteiger partial charge in [-0.2, -0.15) is 0 Å². The van der Waals surface area contributed by atoms with Gasteiger partial charge in [0.2, 0.25) is 0 Å². The van der Waals surface area contributed by atoms with E-state index in [2.05, 4.69) is 0 Å². The van der Waals surface area contributed by atoms with Gasteiger partial charge in [0.1, 0.15) is 12.2 Å². The van der Waals surface area contributed by atoms with E-state index in [4.69, 9.17) is 20.8 Å². The molecule has 0 N–H and O–H groups in total. The fourth-order valence-corrected chi connectivity index (χ4v) is 3.10. The van der Waals surface area contributed by atoms with Crippen LogP contribution in [0.3, 0.4) is 0 Å². The van der Waals surface area contributed by atoms with Crippen molar-refractivity contribution in [1.29, 1.82) is 0 Å². The first-order chi connectivity index (χ1) is 12.0. The number of thioether (sulfide) groups is 1. The van der Waals surface area contributed by atoms with Crippen LogP contribution in [0.4, 0.5) is 0 Å². The highest BCUT2D eigenvalue weighted by Crippen LogP contribution is 2.25. The van der Waals surface area contributed by atoms with Gasteiger partial charge in [0.15, 0.2) is 0 Å². The van der Waals surface area contributed by atoms with Gasteiger partial charge in [-0.3, -0.25) is 0 Å². The van der Waals surface area contributed by atoms with E-state index in [0.717, 1.165) is 15.8 Å². The predicted octanol–water partition coefficient (Wildman–Crippen LogP) is 4.83. The lowest BCUT2D eigenvalue weighted by Gasteiger charge is -2.09. The first-order valence-electron chi connectivity index (χ1n) is 7.52. The molecular weight excluding hydrogens is 360 g/mol. The number of aryl methyl sites for hydroxylation is 1. The molecule has 0 saturated carbocycles. The van der Waals surface area contributed by atoms with Crippen molar-refractivity contribution in [2.24, 2.45) is 0 Å². The highest BCUT2D eigenvalue weighted by atomic mass is 35.5. The molecule has 0 radical (unpaired) electrons. The van der Waals surface area contributed by atoms with Crippen molar-refractivity contribution < 1.29 is 13.9 Å². The second-order valence-electron chi connectivity index (χ2n) is 5.51. The summed E-state index contributed by atoms with van der Waals surface area (Å²) in [5.74, 6) is -0.533. The number of carbonyl (C=O) groups excluding carboxylic acids is 1. The van der Waals surface area contributed by atoms with Gasteiger partial charge < -0.3 is 9.15 Å². The van der Waals surface area contributed by atoms with Gasteiger partial charge in [0.25, 0.3) is 0 Å². The first kappa shape index (κ1) is 17.6. The van der Waals surface area contributed by atoms with E-state index in [1.165, 1.54) is 17.8 Å². The molecule has 25 heavy (non-hydrogen) atoms. The Balaban J connectivity index is 1.88. The van der Waals surface area contributed by atoms with E-state index in [-0.39, 0.29) is 6.61 Å². The number of esters is 1. The Hall–Kier alpha value is -2.24. The van der Waals surface area contributed by atoms with E-state index in [0.29, 0.717) is 21.7 Å². The van der Waals surface area contributed by atoms with Gasteiger partial charge in [-0.1, -0.05) is 23.7 Å². The molecule has 128 valence electrons. The van der Waals surface area contributed by atoms with Crippen LogP contribution in [0.15, 0.2) is 56.6 Å². The summed E-state index contributed by atoms with van der Waals surface area (Å²) in [6.07, 6.45) is 1.91. The van der Waals surface area contributed by atoms with Crippen LogP contribution in [0.5, 0.6) is 0 Å². The fourth-order valence-electron chi connectivity index (χ4n) is 2.47. The topological polar surface area (TPSA) is 56.5 Å². The standard InChI is InChI=1S/C19H15ClO4S/c1-11-3-5-14-12(8-18(21)24-17(14)7-11)10-23-19(22)15-9-13(25-2)4-6-16(15)20/h3-9H,10H2,1-2H3. The maximum Gasteiger partial charge on any atom is 0.340 e. The monoisotopic (exact) mass is 374 g/mol. The van der Waals surface area contributed by atoms with E-state index >= 15 is 0 Å². The molecule has 0 fully saturated rings. The van der Waals surface area contributed by atoms with Crippen molar-refractivity contribution >= 4 is 40.3 Å². The second-order valence-corrected chi connectivity index (χ2v) is 6.80. The first-order valence-corrected chi connectivity index (χ1v) is 9.12. The normalized spacial score (nSPS) is 10.8. The van der Waals surface area contributed by atoms with Gasteiger partial charge in [0, 0.05) is 21.9 Å². The third kappa shape index (κ3) is 3.89. The zero-order valence-electron chi connectivity index (χ0n) is 13.7. The van der Waals surface area contributed by atoms with E-state index in [1.807, 2.05) is 31.4 Å². The summed E-state index contributed by atoms with van der Waals surface area (Å²) in [5, 5.41) is 1.07. The summed E-state index contributed by atoms with van der Waals surface area (Å²) in [7, 11) is 0. The van der Waals surface area contributed by atoms with Crippen molar-refractivity contribution in [3.8, 4) is 0 Å². The molecule has 3 rings (SSSR count). The molecule has 0 spiro atoms. The van der Waals surface area contributed by atoms with E-state index in [1.54, 1.807) is 18.2 Å². The zero-order valence-corrected chi connectivity index (χ0v) is 15.2. The number of ether oxygens (including phenoxy) is 1. The quantitative estimate of drug-likeness (QED) is 0.372.